The van der Waals surface area contributed by atoms with E-state index in [0.29, 0.717) is 11.3 Å². The first-order valence-corrected chi connectivity index (χ1v) is 6.83. The quantitative estimate of drug-likeness (QED) is 0.841. The molecule has 19 heavy (non-hydrogen) atoms. The van der Waals surface area contributed by atoms with Crippen molar-refractivity contribution < 1.29 is 13.9 Å². The number of halogens is 1. The standard InChI is InChI=1S/C15H20FNO2/c1-12-10-13(6-7-14(12)16)19-11-15(18)17-8-4-2-3-5-9-17/h6-7,10H,2-5,8-9,11H2,1H3. The molecule has 1 aromatic rings. The van der Waals surface area contributed by atoms with Crippen molar-refractivity contribution in [1.29, 1.82) is 0 Å². The Labute approximate surface area is 113 Å². The number of nitrogens with zero attached hydrogens (tertiary/aromatic N) is 1. The number of carbonyl (C=O) groups is 1. The van der Waals surface area contributed by atoms with Crippen molar-refractivity contribution in [1.82, 2.24) is 4.90 Å². The number of likely N-dealkylation sites (tertiary alicyclic amines) is 1. The van der Waals surface area contributed by atoms with Crippen molar-refractivity contribution in [2.24, 2.45) is 0 Å². The Bertz CT molecular complexity index is 440. The van der Waals surface area contributed by atoms with Crippen molar-refractivity contribution >= 4 is 5.91 Å². The molecule has 2 rings (SSSR count). The van der Waals surface area contributed by atoms with E-state index in [1.165, 1.54) is 18.9 Å². The number of ether oxygens (including phenoxy) is 1. The molecule has 0 bridgehead atoms. The summed E-state index contributed by atoms with van der Waals surface area (Å²) in [7, 11) is 0. The molecular weight excluding hydrogens is 245 g/mol. The summed E-state index contributed by atoms with van der Waals surface area (Å²) in [5.41, 5.74) is 0.528. The molecule has 0 spiro atoms. The summed E-state index contributed by atoms with van der Waals surface area (Å²) in [6, 6.07) is 4.53. The highest BCUT2D eigenvalue weighted by molar-refractivity contribution is 5.77. The Hall–Kier alpha value is -1.58. The van der Waals surface area contributed by atoms with E-state index in [4.69, 9.17) is 4.74 Å². The summed E-state index contributed by atoms with van der Waals surface area (Å²) in [6.07, 6.45) is 4.53. The highest BCUT2D eigenvalue weighted by Gasteiger charge is 2.15. The highest BCUT2D eigenvalue weighted by Crippen LogP contribution is 2.16. The van der Waals surface area contributed by atoms with E-state index >= 15 is 0 Å². The summed E-state index contributed by atoms with van der Waals surface area (Å²) >= 11 is 0. The molecule has 1 saturated heterocycles. The van der Waals surface area contributed by atoms with Crippen LogP contribution in [0.15, 0.2) is 18.2 Å². The first kappa shape index (κ1) is 13.8. The SMILES string of the molecule is Cc1cc(OCC(=O)N2CCCCCC2)ccc1F. The van der Waals surface area contributed by atoms with Crippen molar-refractivity contribution in [3.8, 4) is 5.75 Å². The molecule has 1 aromatic carbocycles. The molecule has 1 heterocycles. The van der Waals surface area contributed by atoms with Crippen LogP contribution in [-0.2, 0) is 4.79 Å². The van der Waals surface area contributed by atoms with Gasteiger partial charge in [-0.3, -0.25) is 4.79 Å². The van der Waals surface area contributed by atoms with Crippen LogP contribution in [0.4, 0.5) is 4.39 Å². The second-order valence-corrected chi connectivity index (χ2v) is 4.99. The molecule has 1 aliphatic heterocycles. The van der Waals surface area contributed by atoms with Crippen LogP contribution in [0.5, 0.6) is 5.75 Å². The molecule has 0 aliphatic carbocycles. The van der Waals surface area contributed by atoms with Crippen molar-refractivity contribution in [2.75, 3.05) is 19.7 Å². The highest BCUT2D eigenvalue weighted by atomic mass is 19.1. The van der Waals surface area contributed by atoms with Gasteiger partial charge in [0.1, 0.15) is 11.6 Å². The lowest BCUT2D eigenvalue weighted by atomic mass is 10.2. The summed E-state index contributed by atoms with van der Waals surface area (Å²) in [5, 5.41) is 0. The van der Waals surface area contributed by atoms with Crippen LogP contribution >= 0.6 is 0 Å². The van der Waals surface area contributed by atoms with Gasteiger partial charge in [0.25, 0.3) is 5.91 Å². The zero-order valence-electron chi connectivity index (χ0n) is 11.3. The number of hydrogen-bond donors (Lipinski definition) is 0. The predicted octanol–water partition coefficient (Wildman–Crippen LogP) is 2.92. The first-order chi connectivity index (χ1) is 9.16. The van der Waals surface area contributed by atoms with Crippen LogP contribution in [0.2, 0.25) is 0 Å². The lowest BCUT2D eigenvalue weighted by Crippen LogP contribution is -2.35. The zero-order chi connectivity index (χ0) is 13.7. The van der Waals surface area contributed by atoms with Crippen LogP contribution in [-0.4, -0.2) is 30.5 Å². The van der Waals surface area contributed by atoms with E-state index in [9.17, 15) is 9.18 Å². The maximum Gasteiger partial charge on any atom is 0.260 e. The van der Waals surface area contributed by atoms with Crippen molar-refractivity contribution in [2.45, 2.75) is 32.6 Å². The molecular formula is C15H20FNO2. The Morgan fingerprint density at radius 2 is 1.95 bits per heavy atom. The summed E-state index contributed by atoms with van der Waals surface area (Å²) < 4.78 is 18.5. The topological polar surface area (TPSA) is 29.5 Å². The maximum absolute atomic E-state index is 13.1. The Kier molecular flexibility index (Phi) is 4.77. The van der Waals surface area contributed by atoms with Gasteiger partial charge in [0.05, 0.1) is 0 Å². The molecule has 4 heteroatoms. The lowest BCUT2D eigenvalue weighted by molar-refractivity contribution is -0.133. The zero-order valence-corrected chi connectivity index (χ0v) is 11.3. The van der Waals surface area contributed by atoms with Gasteiger partial charge in [-0.15, -0.1) is 0 Å². The van der Waals surface area contributed by atoms with E-state index in [2.05, 4.69) is 0 Å². The summed E-state index contributed by atoms with van der Waals surface area (Å²) in [6.45, 7) is 3.36. The third-order valence-electron chi connectivity index (χ3n) is 3.45. The Balaban J connectivity index is 1.86. The fraction of sp³-hybridized carbons (Fsp3) is 0.533. The maximum atomic E-state index is 13.1. The van der Waals surface area contributed by atoms with Crippen molar-refractivity contribution in [3.63, 3.8) is 0 Å². The predicted molar refractivity (Wildman–Crippen MR) is 71.7 cm³/mol. The van der Waals surface area contributed by atoms with Gasteiger partial charge in [0.15, 0.2) is 6.61 Å². The second kappa shape index (κ2) is 6.55. The molecule has 0 aromatic heterocycles. The fourth-order valence-electron chi connectivity index (χ4n) is 2.26. The van der Waals surface area contributed by atoms with E-state index in [-0.39, 0.29) is 18.3 Å². The first-order valence-electron chi connectivity index (χ1n) is 6.83. The molecule has 3 nitrogen and oxygen atoms in total. The van der Waals surface area contributed by atoms with Gasteiger partial charge in [-0.2, -0.15) is 0 Å². The van der Waals surface area contributed by atoms with Crippen LogP contribution in [0.3, 0.4) is 0 Å². The van der Waals surface area contributed by atoms with Crippen LogP contribution in [0.25, 0.3) is 0 Å². The number of benzene rings is 1. The van der Waals surface area contributed by atoms with Gasteiger partial charge in [-0.25, -0.2) is 4.39 Å². The number of carbonyl (C=O) groups excluding carboxylic acids is 1. The number of aryl methyl sites for hydroxylation is 1. The monoisotopic (exact) mass is 265 g/mol. The molecule has 0 unspecified atom stereocenters. The molecule has 1 fully saturated rings. The molecule has 104 valence electrons. The normalized spacial score (nSPS) is 16.0. The number of hydrogen-bond acceptors (Lipinski definition) is 2. The van der Waals surface area contributed by atoms with Crippen LogP contribution < -0.4 is 4.74 Å². The minimum Gasteiger partial charge on any atom is -0.484 e. The molecule has 0 saturated carbocycles. The number of rotatable bonds is 3. The minimum atomic E-state index is -0.258. The average Bonchev–Trinajstić information content (AvgIpc) is 2.69. The van der Waals surface area contributed by atoms with Crippen LogP contribution in [0.1, 0.15) is 31.2 Å². The fourth-order valence-corrected chi connectivity index (χ4v) is 2.26. The van der Waals surface area contributed by atoms with Crippen molar-refractivity contribution in [3.05, 3.63) is 29.6 Å². The number of amides is 1. The molecule has 0 N–H and O–H groups in total. The summed E-state index contributed by atoms with van der Waals surface area (Å²) in [5.74, 6) is 0.303. The van der Waals surface area contributed by atoms with Gasteiger partial charge in [-0.1, -0.05) is 12.8 Å². The van der Waals surface area contributed by atoms with Gasteiger partial charge < -0.3 is 9.64 Å². The third kappa shape index (κ3) is 3.94. The molecule has 0 radical (unpaired) electrons. The van der Waals surface area contributed by atoms with E-state index in [1.54, 1.807) is 19.1 Å². The van der Waals surface area contributed by atoms with Gasteiger partial charge in [0, 0.05) is 13.1 Å². The summed E-state index contributed by atoms with van der Waals surface area (Å²) in [4.78, 5) is 13.9. The lowest BCUT2D eigenvalue weighted by Gasteiger charge is -2.20. The smallest absolute Gasteiger partial charge is 0.260 e. The van der Waals surface area contributed by atoms with Gasteiger partial charge >= 0.3 is 0 Å². The average molecular weight is 265 g/mol. The van der Waals surface area contributed by atoms with Gasteiger partial charge in [0.2, 0.25) is 0 Å². The Morgan fingerprint density at radius 3 is 2.58 bits per heavy atom. The van der Waals surface area contributed by atoms with Crippen LogP contribution in [0, 0.1) is 12.7 Å². The minimum absolute atomic E-state index is 0.0175. The largest absolute Gasteiger partial charge is 0.484 e. The molecule has 1 aliphatic rings. The van der Waals surface area contributed by atoms with E-state index in [1.807, 2.05) is 4.90 Å². The second-order valence-electron chi connectivity index (χ2n) is 4.99. The van der Waals surface area contributed by atoms with E-state index in [0.717, 1.165) is 25.9 Å². The molecule has 0 atom stereocenters. The van der Waals surface area contributed by atoms with E-state index < -0.39 is 0 Å². The van der Waals surface area contributed by atoms with Gasteiger partial charge in [-0.05, 0) is 43.5 Å². The Morgan fingerprint density at radius 1 is 1.26 bits per heavy atom. The molecule has 1 amide bonds. The third-order valence-corrected chi connectivity index (χ3v) is 3.45.